The second kappa shape index (κ2) is 9.36. The van der Waals surface area contributed by atoms with Crippen molar-refractivity contribution in [3.63, 3.8) is 0 Å². The molecular weight excluding hydrogens is 332 g/mol. The summed E-state index contributed by atoms with van der Waals surface area (Å²) in [6.45, 7) is -0.562. The number of ether oxygens (including phenoxy) is 1. The van der Waals surface area contributed by atoms with E-state index in [1.165, 1.54) is 4.90 Å². The van der Waals surface area contributed by atoms with E-state index in [9.17, 15) is 14.4 Å². The lowest BCUT2D eigenvalue weighted by Gasteiger charge is -2.12. The topological polar surface area (TPSA) is 75.7 Å². The van der Waals surface area contributed by atoms with E-state index in [0.29, 0.717) is 12.0 Å². The van der Waals surface area contributed by atoms with Crippen LogP contribution in [-0.2, 0) is 20.7 Å². The van der Waals surface area contributed by atoms with Crippen LogP contribution >= 0.6 is 0 Å². The fourth-order valence-corrected chi connectivity index (χ4v) is 2.28. The van der Waals surface area contributed by atoms with Gasteiger partial charge in [0.1, 0.15) is 0 Å². The monoisotopic (exact) mass is 354 g/mol. The zero-order chi connectivity index (χ0) is 18.9. The van der Waals surface area contributed by atoms with Crippen molar-refractivity contribution in [2.24, 2.45) is 0 Å². The molecule has 6 heteroatoms. The van der Waals surface area contributed by atoms with Crippen molar-refractivity contribution in [3.05, 3.63) is 71.3 Å². The number of rotatable bonds is 7. The minimum Gasteiger partial charge on any atom is -0.452 e. The van der Waals surface area contributed by atoms with Crippen LogP contribution < -0.4 is 5.32 Å². The fraction of sp³-hybridized carbons (Fsp3) is 0.250. The third kappa shape index (κ3) is 5.73. The van der Waals surface area contributed by atoms with Crippen molar-refractivity contribution in [1.82, 2.24) is 10.2 Å². The molecular formula is C20H22N2O4. The minimum absolute atomic E-state index is 0.131. The molecule has 0 saturated carbocycles. The van der Waals surface area contributed by atoms with Crippen LogP contribution in [0.1, 0.15) is 21.5 Å². The van der Waals surface area contributed by atoms with Gasteiger partial charge in [0.15, 0.2) is 6.61 Å². The molecule has 0 aromatic heterocycles. The molecule has 2 aromatic carbocycles. The van der Waals surface area contributed by atoms with E-state index in [-0.39, 0.29) is 12.5 Å². The number of carbonyl (C=O) groups excluding carboxylic acids is 3. The summed E-state index contributed by atoms with van der Waals surface area (Å²) in [6, 6.07) is 16.9. The van der Waals surface area contributed by atoms with Gasteiger partial charge >= 0.3 is 5.97 Å². The molecule has 0 saturated heterocycles. The van der Waals surface area contributed by atoms with Crippen molar-refractivity contribution in [2.75, 3.05) is 27.2 Å². The molecule has 6 nitrogen and oxygen atoms in total. The highest BCUT2D eigenvalue weighted by atomic mass is 16.5. The number of hydrogen-bond donors (Lipinski definition) is 1. The van der Waals surface area contributed by atoms with Crippen LogP contribution in [-0.4, -0.2) is 49.9 Å². The van der Waals surface area contributed by atoms with Crippen molar-refractivity contribution >= 4 is 17.8 Å². The molecule has 0 radical (unpaired) electrons. The Morgan fingerprint density at radius 3 is 2.31 bits per heavy atom. The molecule has 0 fully saturated rings. The summed E-state index contributed by atoms with van der Waals surface area (Å²) >= 11 is 0. The van der Waals surface area contributed by atoms with Gasteiger partial charge in [-0.25, -0.2) is 4.79 Å². The molecule has 26 heavy (non-hydrogen) atoms. The molecule has 0 atom stereocenters. The van der Waals surface area contributed by atoms with E-state index in [2.05, 4.69) is 5.32 Å². The summed E-state index contributed by atoms with van der Waals surface area (Å²) in [5.41, 5.74) is 2.33. The van der Waals surface area contributed by atoms with Gasteiger partial charge in [-0.3, -0.25) is 9.59 Å². The molecule has 2 rings (SSSR count). The first-order valence-electron chi connectivity index (χ1n) is 8.23. The van der Waals surface area contributed by atoms with Gasteiger partial charge in [0.2, 0.25) is 5.91 Å². The van der Waals surface area contributed by atoms with Crippen molar-refractivity contribution in [2.45, 2.75) is 6.42 Å². The summed E-state index contributed by atoms with van der Waals surface area (Å²) in [6.07, 6.45) is 0.593. The Balaban J connectivity index is 1.93. The second-order valence-corrected chi connectivity index (χ2v) is 5.96. The Hall–Kier alpha value is -3.15. The lowest BCUT2D eigenvalue weighted by molar-refractivity contribution is -0.131. The molecule has 136 valence electrons. The average Bonchev–Trinajstić information content (AvgIpc) is 2.65. The summed E-state index contributed by atoms with van der Waals surface area (Å²) in [5, 5.41) is 2.42. The zero-order valence-electron chi connectivity index (χ0n) is 14.9. The van der Waals surface area contributed by atoms with Crippen LogP contribution in [0.15, 0.2) is 54.6 Å². The van der Waals surface area contributed by atoms with E-state index in [0.717, 1.165) is 11.1 Å². The van der Waals surface area contributed by atoms with E-state index >= 15 is 0 Å². The normalized spacial score (nSPS) is 10.1. The van der Waals surface area contributed by atoms with Gasteiger partial charge in [0, 0.05) is 14.1 Å². The predicted molar refractivity (Wildman–Crippen MR) is 97.7 cm³/mol. The second-order valence-electron chi connectivity index (χ2n) is 5.96. The van der Waals surface area contributed by atoms with Crippen LogP contribution in [0.2, 0.25) is 0 Å². The number of benzene rings is 2. The first kappa shape index (κ1) is 19.2. The lowest BCUT2D eigenvalue weighted by atomic mass is 10.00. The summed E-state index contributed by atoms with van der Waals surface area (Å²) < 4.78 is 5.09. The predicted octanol–water partition coefficient (Wildman–Crippen LogP) is 1.64. The molecule has 1 N–H and O–H groups in total. The van der Waals surface area contributed by atoms with E-state index in [1.807, 2.05) is 42.5 Å². The molecule has 0 aliphatic heterocycles. The van der Waals surface area contributed by atoms with Crippen molar-refractivity contribution in [3.8, 4) is 0 Å². The average molecular weight is 354 g/mol. The van der Waals surface area contributed by atoms with Crippen LogP contribution in [0.3, 0.4) is 0 Å². The highest BCUT2D eigenvalue weighted by molar-refractivity contribution is 5.93. The number of hydrogen-bond acceptors (Lipinski definition) is 4. The smallest absolute Gasteiger partial charge is 0.338 e. The number of nitrogens with zero attached hydrogens (tertiary/aromatic N) is 1. The fourth-order valence-electron chi connectivity index (χ4n) is 2.28. The standard InChI is InChI=1S/C20H22N2O4/c1-22(2)19(24)13-21-18(23)14-26-20(25)17-11-7-6-10-16(17)12-15-8-4-3-5-9-15/h3-11H,12-14H2,1-2H3,(H,21,23). The molecule has 0 bridgehead atoms. The molecule has 0 spiro atoms. The van der Waals surface area contributed by atoms with Crippen LogP contribution in [0.5, 0.6) is 0 Å². The molecule has 2 amide bonds. The molecule has 0 heterocycles. The van der Waals surface area contributed by atoms with E-state index in [1.54, 1.807) is 26.2 Å². The van der Waals surface area contributed by atoms with Gasteiger partial charge in [0.25, 0.3) is 5.91 Å². The first-order chi connectivity index (χ1) is 12.5. The van der Waals surface area contributed by atoms with Gasteiger partial charge in [-0.2, -0.15) is 0 Å². The summed E-state index contributed by atoms with van der Waals surface area (Å²) in [7, 11) is 3.19. The number of amides is 2. The highest BCUT2D eigenvalue weighted by Gasteiger charge is 2.15. The number of likely N-dealkylation sites (N-methyl/N-ethyl adjacent to an activating group) is 1. The molecule has 2 aromatic rings. The quantitative estimate of drug-likeness (QED) is 0.767. The summed E-state index contributed by atoms with van der Waals surface area (Å²) in [5.74, 6) is -1.32. The molecule has 0 aliphatic carbocycles. The zero-order valence-corrected chi connectivity index (χ0v) is 14.9. The van der Waals surface area contributed by atoms with Crippen LogP contribution in [0, 0.1) is 0 Å². The van der Waals surface area contributed by atoms with Crippen LogP contribution in [0.4, 0.5) is 0 Å². The third-order valence-electron chi connectivity index (χ3n) is 3.74. The Morgan fingerprint density at radius 2 is 1.62 bits per heavy atom. The van der Waals surface area contributed by atoms with Crippen LogP contribution in [0.25, 0.3) is 0 Å². The van der Waals surface area contributed by atoms with Crippen molar-refractivity contribution in [1.29, 1.82) is 0 Å². The summed E-state index contributed by atoms with van der Waals surface area (Å²) in [4.78, 5) is 36.8. The van der Waals surface area contributed by atoms with E-state index < -0.39 is 18.5 Å². The van der Waals surface area contributed by atoms with Gasteiger partial charge in [-0.05, 0) is 23.6 Å². The van der Waals surface area contributed by atoms with Gasteiger partial charge < -0.3 is 15.0 Å². The minimum atomic E-state index is -0.564. The number of carbonyl (C=O) groups is 3. The largest absolute Gasteiger partial charge is 0.452 e. The maximum atomic E-state index is 12.3. The number of nitrogens with one attached hydrogen (secondary N) is 1. The number of esters is 1. The van der Waals surface area contributed by atoms with Gasteiger partial charge in [0.05, 0.1) is 12.1 Å². The van der Waals surface area contributed by atoms with Gasteiger partial charge in [-0.1, -0.05) is 48.5 Å². The highest BCUT2D eigenvalue weighted by Crippen LogP contribution is 2.15. The first-order valence-corrected chi connectivity index (χ1v) is 8.23. The van der Waals surface area contributed by atoms with Gasteiger partial charge in [-0.15, -0.1) is 0 Å². The Labute approximate surface area is 152 Å². The maximum Gasteiger partial charge on any atom is 0.338 e. The Bertz CT molecular complexity index is 772. The Morgan fingerprint density at radius 1 is 0.962 bits per heavy atom. The molecule has 0 aliphatic rings. The van der Waals surface area contributed by atoms with E-state index in [4.69, 9.17) is 4.74 Å². The Kier molecular flexibility index (Phi) is 6.91. The third-order valence-corrected chi connectivity index (χ3v) is 3.74. The molecule has 0 unspecified atom stereocenters. The lowest BCUT2D eigenvalue weighted by Crippen LogP contribution is -2.38. The SMILES string of the molecule is CN(C)C(=O)CNC(=O)COC(=O)c1ccccc1Cc1ccccc1. The maximum absolute atomic E-state index is 12.3. The van der Waals surface area contributed by atoms with Crippen molar-refractivity contribution < 1.29 is 19.1 Å².